The van der Waals surface area contributed by atoms with E-state index >= 15 is 0 Å². The number of nitrogens with zero attached hydrogens (tertiary/aromatic N) is 1. The van der Waals surface area contributed by atoms with Crippen molar-refractivity contribution in [2.24, 2.45) is 0 Å². The van der Waals surface area contributed by atoms with Crippen molar-refractivity contribution in [1.82, 2.24) is 4.90 Å². The number of aliphatic hydroxyl groups excluding tert-OH is 1. The Kier molecular flexibility index (Phi) is 5.55. The van der Waals surface area contributed by atoms with Crippen molar-refractivity contribution in [2.75, 3.05) is 18.9 Å². The zero-order chi connectivity index (χ0) is 13.7. The molecular weight excluding hydrogens is 282 g/mol. The van der Waals surface area contributed by atoms with Gasteiger partial charge in [-0.3, -0.25) is 4.79 Å². The van der Waals surface area contributed by atoms with Gasteiger partial charge in [-0.25, -0.2) is 0 Å². The highest BCUT2D eigenvalue weighted by Gasteiger charge is 2.27. The SMILES string of the molecule is O=C(CCSc1ccccc1Cl)N1CCC[C@H]1CO. The third-order valence-electron chi connectivity index (χ3n) is 3.32. The van der Waals surface area contributed by atoms with Gasteiger partial charge in [0.1, 0.15) is 0 Å². The van der Waals surface area contributed by atoms with Crippen LogP contribution in [0, 0.1) is 0 Å². The summed E-state index contributed by atoms with van der Waals surface area (Å²) in [4.78, 5) is 14.9. The van der Waals surface area contributed by atoms with Crippen molar-refractivity contribution in [3.05, 3.63) is 29.3 Å². The summed E-state index contributed by atoms with van der Waals surface area (Å²) in [5.41, 5.74) is 0. The molecule has 1 aromatic rings. The van der Waals surface area contributed by atoms with Gasteiger partial charge in [0, 0.05) is 23.6 Å². The summed E-state index contributed by atoms with van der Waals surface area (Å²) in [6.45, 7) is 0.851. The molecule has 0 spiro atoms. The molecule has 5 heteroatoms. The summed E-state index contributed by atoms with van der Waals surface area (Å²) >= 11 is 7.66. The van der Waals surface area contributed by atoms with Crippen LogP contribution in [-0.4, -0.2) is 40.9 Å². The molecule has 3 nitrogen and oxygen atoms in total. The van der Waals surface area contributed by atoms with Gasteiger partial charge >= 0.3 is 0 Å². The normalized spacial score (nSPS) is 18.8. The molecule has 0 bridgehead atoms. The first-order valence-electron chi connectivity index (χ1n) is 6.50. The third kappa shape index (κ3) is 3.88. The van der Waals surface area contributed by atoms with Crippen molar-refractivity contribution in [3.63, 3.8) is 0 Å². The van der Waals surface area contributed by atoms with Crippen molar-refractivity contribution in [2.45, 2.75) is 30.2 Å². The number of carbonyl (C=O) groups is 1. The monoisotopic (exact) mass is 299 g/mol. The first-order chi connectivity index (χ1) is 9.22. The van der Waals surface area contributed by atoms with Crippen LogP contribution in [-0.2, 0) is 4.79 Å². The molecule has 0 radical (unpaired) electrons. The lowest BCUT2D eigenvalue weighted by molar-refractivity contribution is -0.132. The second kappa shape index (κ2) is 7.17. The Morgan fingerprint density at radius 1 is 1.47 bits per heavy atom. The van der Waals surface area contributed by atoms with Crippen LogP contribution < -0.4 is 0 Å². The van der Waals surface area contributed by atoms with Crippen LogP contribution in [0.1, 0.15) is 19.3 Å². The van der Waals surface area contributed by atoms with Crippen molar-refractivity contribution in [3.8, 4) is 0 Å². The van der Waals surface area contributed by atoms with Gasteiger partial charge in [0.15, 0.2) is 0 Å². The van der Waals surface area contributed by atoms with Gasteiger partial charge in [-0.2, -0.15) is 0 Å². The second-order valence-corrected chi connectivity index (χ2v) is 6.14. The Morgan fingerprint density at radius 3 is 3.00 bits per heavy atom. The van der Waals surface area contributed by atoms with Gasteiger partial charge in [-0.1, -0.05) is 23.7 Å². The summed E-state index contributed by atoms with van der Waals surface area (Å²) in [7, 11) is 0. The number of halogens is 1. The minimum absolute atomic E-state index is 0.0258. The number of hydrogen-bond donors (Lipinski definition) is 1. The number of benzene rings is 1. The first kappa shape index (κ1) is 14.7. The van der Waals surface area contributed by atoms with E-state index in [1.807, 2.05) is 29.2 Å². The Balaban J connectivity index is 1.80. The van der Waals surface area contributed by atoms with Crippen LogP contribution in [0.3, 0.4) is 0 Å². The Morgan fingerprint density at radius 2 is 2.26 bits per heavy atom. The van der Waals surface area contributed by atoms with E-state index in [-0.39, 0.29) is 18.6 Å². The number of likely N-dealkylation sites (tertiary alicyclic amines) is 1. The fourth-order valence-corrected chi connectivity index (χ4v) is 3.48. The van der Waals surface area contributed by atoms with Crippen LogP contribution in [0.25, 0.3) is 0 Å². The molecule has 0 saturated carbocycles. The lowest BCUT2D eigenvalue weighted by atomic mass is 10.2. The predicted molar refractivity (Wildman–Crippen MR) is 78.6 cm³/mol. The summed E-state index contributed by atoms with van der Waals surface area (Å²) in [5, 5.41) is 9.94. The van der Waals surface area contributed by atoms with E-state index in [1.165, 1.54) is 0 Å². The minimum Gasteiger partial charge on any atom is -0.394 e. The van der Waals surface area contributed by atoms with E-state index in [2.05, 4.69) is 0 Å². The largest absolute Gasteiger partial charge is 0.394 e. The molecule has 1 atom stereocenters. The summed E-state index contributed by atoms with van der Waals surface area (Å²) in [5.74, 6) is 0.855. The highest BCUT2D eigenvalue weighted by Crippen LogP contribution is 2.27. The average Bonchev–Trinajstić information content (AvgIpc) is 2.89. The van der Waals surface area contributed by atoms with Crippen LogP contribution in [0.4, 0.5) is 0 Å². The zero-order valence-corrected chi connectivity index (χ0v) is 12.3. The maximum atomic E-state index is 12.1. The molecule has 1 aromatic carbocycles. The summed E-state index contributed by atoms with van der Waals surface area (Å²) < 4.78 is 0. The van der Waals surface area contributed by atoms with Crippen LogP contribution >= 0.6 is 23.4 Å². The van der Waals surface area contributed by atoms with Crippen molar-refractivity contribution >= 4 is 29.3 Å². The van der Waals surface area contributed by atoms with Gasteiger partial charge in [-0.15, -0.1) is 11.8 Å². The maximum Gasteiger partial charge on any atom is 0.223 e. The zero-order valence-electron chi connectivity index (χ0n) is 10.7. The van der Waals surface area contributed by atoms with E-state index in [0.717, 1.165) is 35.1 Å². The lowest BCUT2D eigenvalue weighted by Crippen LogP contribution is -2.37. The molecule has 1 heterocycles. The lowest BCUT2D eigenvalue weighted by Gasteiger charge is -2.22. The van der Waals surface area contributed by atoms with Gasteiger partial charge in [0.2, 0.25) is 5.91 Å². The van der Waals surface area contributed by atoms with Gasteiger partial charge in [0.05, 0.1) is 17.7 Å². The Bertz CT molecular complexity index is 441. The average molecular weight is 300 g/mol. The molecule has 19 heavy (non-hydrogen) atoms. The Labute approximate surface area is 122 Å². The van der Waals surface area contributed by atoms with Gasteiger partial charge in [0.25, 0.3) is 0 Å². The maximum absolute atomic E-state index is 12.1. The van der Waals surface area contributed by atoms with Crippen LogP contribution in [0.15, 0.2) is 29.2 Å². The molecule has 1 aliphatic rings. The third-order valence-corrected chi connectivity index (χ3v) is 4.84. The number of aliphatic hydroxyl groups is 1. The van der Waals surface area contributed by atoms with E-state index in [1.54, 1.807) is 11.8 Å². The number of amides is 1. The highest BCUT2D eigenvalue weighted by atomic mass is 35.5. The molecular formula is C14H18ClNO2S. The minimum atomic E-state index is 0.0258. The van der Waals surface area contributed by atoms with Crippen LogP contribution in [0.5, 0.6) is 0 Å². The molecule has 1 saturated heterocycles. The fraction of sp³-hybridized carbons (Fsp3) is 0.500. The number of carbonyl (C=O) groups excluding carboxylic acids is 1. The topological polar surface area (TPSA) is 40.5 Å². The molecule has 1 amide bonds. The first-order valence-corrected chi connectivity index (χ1v) is 7.86. The standard InChI is InChI=1S/C14H18ClNO2S/c15-12-5-1-2-6-13(12)19-9-7-14(18)16-8-3-4-11(16)10-17/h1-2,5-6,11,17H,3-4,7-10H2/t11-/m0/s1. The Hall–Kier alpha value is -0.710. The summed E-state index contributed by atoms with van der Waals surface area (Å²) in [6.07, 6.45) is 2.40. The van der Waals surface area contributed by atoms with E-state index < -0.39 is 0 Å². The van der Waals surface area contributed by atoms with E-state index in [0.29, 0.717) is 6.42 Å². The molecule has 104 valence electrons. The molecule has 1 N–H and O–H groups in total. The molecule has 1 aliphatic heterocycles. The van der Waals surface area contributed by atoms with Gasteiger partial charge in [-0.05, 0) is 25.0 Å². The second-order valence-electron chi connectivity index (χ2n) is 4.59. The van der Waals surface area contributed by atoms with E-state index in [4.69, 9.17) is 11.6 Å². The van der Waals surface area contributed by atoms with Gasteiger partial charge < -0.3 is 10.0 Å². The quantitative estimate of drug-likeness (QED) is 0.850. The molecule has 2 rings (SSSR count). The predicted octanol–water partition coefficient (Wildman–Crippen LogP) is 2.81. The molecule has 0 unspecified atom stereocenters. The fourth-order valence-electron chi connectivity index (χ4n) is 2.31. The highest BCUT2D eigenvalue weighted by molar-refractivity contribution is 7.99. The van der Waals surface area contributed by atoms with E-state index in [9.17, 15) is 9.90 Å². The number of thioether (sulfide) groups is 1. The van der Waals surface area contributed by atoms with Crippen molar-refractivity contribution < 1.29 is 9.90 Å². The number of hydrogen-bond acceptors (Lipinski definition) is 3. The molecule has 0 aliphatic carbocycles. The number of rotatable bonds is 5. The van der Waals surface area contributed by atoms with Crippen molar-refractivity contribution in [1.29, 1.82) is 0 Å². The summed E-state index contributed by atoms with van der Waals surface area (Å²) in [6, 6.07) is 7.68. The van der Waals surface area contributed by atoms with Crippen LogP contribution in [0.2, 0.25) is 5.02 Å². The molecule has 0 aromatic heterocycles. The molecule has 1 fully saturated rings. The smallest absolute Gasteiger partial charge is 0.223 e.